The maximum absolute atomic E-state index is 12.1. The van der Waals surface area contributed by atoms with Gasteiger partial charge in [0.05, 0.1) is 6.04 Å². The third-order valence-electron chi connectivity index (χ3n) is 4.32. The predicted molar refractivity (Wildman–Crippen MR) is 95.1 cm³/mol. The number of nitrogens with one attached hydrogen (secondary N) is 2. The fourth-order valence-electron chi connectivity index (χ4n) is 3.00. The minimum absolute atomic E-state index is 0.0328. The standard InChI is InChI=1S/C19H21ClN2O/c1-13(15-7-6-14-4-2-3-5-16(14)12-15)21-19(23)22-18-10-8-17(20)9-11-18/h6-13H,2-5H2,1H3,(H2,21,22,23)/t13-/m0/s1. The van der Waals surface area contributed by atoms with Crippen LogP contribution in [0, 0.1) is 0 Å². The quantitative estimate of drug-likeness (QED) is 0.808. The fourth-order valence-corrected chi connectivity index (χ4v) is 3.13. The van der Waals surface area contributed by atoms with E-state index in [0.29, 0.717) is 5.02 Å². The Balaban J connectivity index is 1.63. The summed E-state index contributed by atoms with van der Waals surface area (Å²) in [6.45, 7) is 2.01. The minimum Gasteiger partial charge on any atom is -0.331 e. The Morgan fingerprint density at radius 1 is 1.04 bits per heavy atom. The number of anilines is 1. The molecule has 2 aromatic carbocycles. The van der Waals surface area contributed by atoms with Crippen molar-refractivity contribution >= 4 is 23.3 Å². The van der Waals surface area contributed by atoms with Crippen molar-refractivity contribution in [2.45, 2.75) is 38.6 Å². The van der Waals surface area contributed by atoms with Crippen LogP contribution in [0.5, 0.6) is 0 Å². The second kappa shape index (κ2) is 7.05. The molecule has 0 bridgehead atoms. The Morgan fingerprint density at radius 3 is 2.48 bits per heavy atom. The molecule has 0 heterocycles. The zero-order valence-corrected chi connectivity index (χ0v) is 14.0. The molecule has 23 heavy (non-hydrogen) atoms. The Labute approximate surface area is 142 Å². The van der Waals surface area contributed by atoms with Crippen molar-refractivity contribution in [3.63, 3.8) is 0 Å². The summed E-state index contributed by atoms with van der Waals surface area (Å²) in [5.74, 6) is 0. The van der Waals surface area contributed by atoms with Crippen molar-refractivity contribution in [2.24, 2.45) is 0 Å². The average molecular weight is 329 g/mol. The Morgan fingerprint density at radius 2 is 1.74 bits per heavy atom. The van der Waals surface area contributed by atoms with E-state index in [4.69, 9.17) is 11.6 Å². The monoisotopic (exact) mass is 328 g/mol. The van der Waals surface area contributed by atoms with Crippen LogP contribution >= 0.6 is 11.6 Å². The van der Waals surface area contributed by atoms with E-state index in [1.54, 1.807) is 24.3 Å². The fraction of sp³-hybridized carbons (Fsp3) is 0.316. The lowest BCUT2D eigenvalue weighted by Gasteiger charge is -2.20. The summed E-state index contributed by atoms with van der Waals surface area (Å²) in [6, 6.07) is 13.4. The molecular weight excluding hydrogens is 308 g/mol. The second-order valence-electron chi connectivity index (χ2n) is 6.06. The molecule has 0 aromatic heterocycles. The van der Waals surface area contributed by atoms with Gasteiger partial charge in [-0.2, -0.15) is 0 Å². The molecule has 0 aliphatic heterocycles. The molecule has 0 radical (unpaired) electrons. The first-order valence-corrected chi connectivity index (χ1v) is 8.44. The van der Waals surface area contributed by atoms with Crippen molar-refractivity contribution in [1.29, 1.82) is 0 Å². The van der Waals surface area contributed by atoms with E-state index in [1.807, 2.05) is 6.92 Å². The summed E-state index contributed by atoms with van der Waals surface area (Å²) in [7, 11) is 0. The van der Waals surface area contributed by atoms with Gasteiger partial charge in [0.2, 0.25) is 0 Å². The first-order chi connectivity index (χ1) is 11.1. The lowest BCUT2D eigenvalue weighted by Crippen LogP contribution is -2.31. The van der Waals surface area contributed by atoms with E-state index >= 15 is 0 Å². The van der Waals surface area contributed by atoms with E-state index < -0.39 is 0 Å². The van der Waals surface area contributed by atoms with Crippen molar-refractivity contribution in [3.8, 4) is 0 Å². The number of fused-ring (bicyclic) bond motifs is 1. The van der Waals surface area contributed by atoms with Crippen LogP contribution in [0.15, 0.2) is 42.5 Å². The number of hydrogen-bond donors (Lipinski definition) is 2. The zero-order chi connectivity index (χ0) is 16.2. The number of halogens is 1. The predicted octanol–water partition coefficient (Wildman–Crippen LogP) is 5.10. The molecule has 0 fully saturated rings. The highest BCUT2D eigenvalue weighted by Crippen LogP contribution is 2.24. The van der Waals surface area contributed by atoms with Gasteiger partial charge in [0.1, 0.15) is 0 Å². The average Bonchev–Trinajstić information content (AvgIpc) is 2.56. The summed E-state index contributed by atoms with van der Waals surface area (Å²) in [6.07, 6.45) is 4.86. The number of benzene rings is 2. The van der Waals surface area contributed by atoms with Crippen molar-refractivity contribution in [2.75, 3.05) is 5.32 Å². The second-order valence-corrected chi connectivity index (χ2v) is 6.50. The Hall–Kier alpha value is -2.00. The lowest BCUT2D eigenvalue weighted by atomic mass is 9.89. The molecule has 120 valence electrons. The molecular formula is C19H21ClN2O. The zero-order valence-electron chi connectivity index (χ0n) is 13.2. The third kappa shape index (κ3) is 4.05. The summed E-state index contributed by atoms with van der Waals surface area (Å²) >= 11 is 5.84. The summed E-state index contributed by atoms with van der Waals surface area (Å²) in [5, 5.41) is 6.46. The molecule has 1 aliphatic rings. The highest BCUT2D eigenvalue weighted by molar-refractivity contribution is 6.30. The van der Waals surface area contributed by atoms with E-state index in [9.17, 15) is 4.79 Å². The SMILES string of the molecule is C[C@H](NC(=O)Nc1ccc(Cl)cc1)c1ccc2c(c1)CCCC2. The van der Waals surface area contributed by atoms with Crippen LogP contribution in [-0.4, -0.2) is 6.03 Å². The van der Waals surface area contributed by atoms with E-state index in [1.165, 1.54) is 30.4 Å². The van der Waals surface area contributed by atoms with Crippen LogP contribution in [0.2, 0.25) is 5.02 Å². The Kier molecular flexibility index (Phi) is 4.87. The largest absolute Gasteiger partial charge is 0.331 e. The van der Waals surface area contributed by atoms with Crippen LogP contribution in [0.25, 0.3) is 0 Å². The number of amides is 2. The van der Waals surface area contributed by atoms with Gasteiger partial charge in [-0.1, -0.05) is 29.8 Å². The molecule has 3 rings (SSSR count). The maximum atomic E-state index is 12.1. The summed E-state index contributed by atoms with van der Waals surface area (Å²) in [4.78, 5) is 12.1. The highest BCUT2D eigenvalue weighted by atomic mass is 35.5. The minimum atomic E-state index is -0.211. The molecule has 0 spiro atoms. The number of urea groups is 1. The van der Waals surface area contributed by atoms with Gasteiger partial charge in [0.25, 0.3) is 0 Å². The maximum Gasteiger partial charge on any atom is 0.319 e. The topological polar surface area (TPSA) is 41.1 Å². The molecule has 3 nitrogen and oxygen atoms in total. The molecule has 2 aromatic rings. The number of hydrogen-bond acceptors (Lipinski definition) is 1. The molecule has 4 heteroatoms. The smallest absolute Gasteiger partial charge is 0.319 e. The highest BCUT2D eigenvalue weighted by Gasteiger charge is 2.14. The van der Waals surface area contributed by atoms with E-state index in [0.717, 1.165) is 17.7 Å². The van der Waals surface area contributed by atoms with Gasteiger partial charge >= 0.3 is 6.03 Å². The first-order valence-electron chi connectivity index (χ1n) is 8.06. The molecule has 1 aliphatic carbocycles. The van der Waals surface area contributed by atoms with Gasteiger partial charge in [0, 0.05) is 10.7 Å². The van der Waals surface area contributed by atoms with Crippen LogP contribution in [0.4, 0.5) is 10.5 Å². The van der Waals surface area contributed by atoms with Crippen molar-refractivity contribution < 1.29 is 4.79 Å². The molecule has 0 unspecified atom stereocenters. The lowest BCUT2D eigenvalue weighted by molar-refractivity contribution is 0.249. The van der Waals surface area contributed by atoms with Gasteiger partial charge in [-0.15, -0.1) is 0 Å². The number of aryl methyl sites for hydroxylation is 2. The van der Waals surface area contributed by atoms with Crippen molar-refractivity contribution in [3.05, 3.63) is 64.2 Å². The number of rotatable bonds is 3. The van der Waals surface area contributed by atoms with Gasteiger partial charge < -0.3 is 10.6 Å². The van der Waals surface area contributed by atoms with E-state index in [-0.39, 0.29) is 12.1 Å². The van der Waals surface area contributed by atoms with Gasteiger partial charge in [0.15, 0.2) is 0 Å². The Bertz CT molecular complexity index is 697. The van der Waals surface area contributed by atoms with E-state index in [2.05, 4.69) is 28.8 Å². The molecule has 1 atom stereocenters. The third-order valence-corrected chi connectivity index (χ3v) is 4.57. The first kappa shape index (κ1) is 15.9. The van der Waals surface area contributed by atoms with Gasteiger partial charge in [-0.05, 0) is 73.6 Å². The van der Waals surface area contributed by atoms with Crippen molar-refractivity contribution in [1.82, 2.24) is 5.32 Å². The molecule has 0 saturated carbocycles. The molecule has 2 N–H and O–H groups in total. The van der Waals surface area contributed by atoms with Gasteiger partial charge in [-0.25, -0.2) is 4.79 Å². The summed E-state index contributed by atoms with van der Waals surface area (Å²) in [5.41, 5.74) is 4.76. The molecule has 0 saturated heterocycles. The number of carbonyl (C=O) groups excluding carboxylic acids is 1. The van der Waals surface area contributed by atoms with Crippen LogP contribution in [0.3, 0.4) is 0 Å². The molecule has 2 amide bonds. The summed E-state index contributed by atoms with van der Waals surface area (Å²) < 4.78 is 0. The van der Waals surface area contributed by atoms with Crippen LogP contribution in [-0.2, 0) is 12.8 Å². The normalized spacial score (nSPS) is 14.7. The van der Waals surface area contributed by atoms with Gasteiger partial charge in [-0.3, -0.25) is 0 Å². The number of carbonyl (C=O) groups is 1. The van der Waals surface area contributed by atoms with Crippen LogP contribution < -0.4 is 10.6 Å². The van der Waals surface area contributed by atoms with Crippen LogP contribution in [0.1, 0.15) is 42.5 Å².